The number of aromatic nitrogens is 4. The highest BCUT2D eigenvalue weighted by Gasteiger charge is 2.07. The summed E-state index contributed by atoms with van der Waals surface area (Å²) < 4.78 is 5.64. The number of nitriles is 1. The Morgan fingerprint density at radius 3 is 3.08 bits per heavy atom. The molecule has 2 aromatic rings. The van der Waals surface area contributed by atoms with E-state index in [9.17, 15) is 0 Å². The second-order valence-corrected chi connectivity index (χ2v) is 3.09. The fraction of sp³-hybridized carbons (Fsp3) is 0.143. The van der Waals surface area contributed by atoms with Gasteiger partial charge in [-0.25, -0.2) is 9.97 Å². The zero-order valence-electron chi connectivity index (χ0n) is 6.80. The molecule has 0 spiro atoms. The maximum Gasteiger partial charge on any atom is 0.219 e. The third-order valence-electron chi connectivity index (χ3n) is 1.46. The molecule has 0 amide bonds. The Bertz CT molecular complexity index is 463. The van der Waals surface area contributed by atoms with E-state index in [2.05, 4.69) is 14.3 Å². The minimum absolute atomic E-state index is 0.330. The molecule has 64 valence electrons. The van der Waals surface area contributed by atoms with Crippen LogP contribution >= 0.6 is 11.5 Å². The summed E-state index contributed by atoms with van der Waals surface area (Å²) in [5.41, 5.74) is 0. The monoisotopic (exact) mass is 191 g/mol. The number of hydrogen-bond acceptors (Lipinski definition) is 5. The zero-order valence-corrected chi connectivity index (χ0v) is 7.62. The number of imidazole rings is 1. The van der Waals surface area contributed by atoms with E-state index in [-0.39, 0.29) is 0 Å². The molecule has 0 radical (unpaired) electrons. The lowest BCUT2D eigenvalue weighted by Gasteiger charge is -1.93. The second-order valence-electron chi connectivity index (χ2n) is 2.36. The number of aryl methyl sites for hydroxylation is 1. The van der Waals surface area contributed by atoms with Crippen molar-refractivity contribution >= 4 is 11.5 Å². The summed E-state index contributed by atoms with van der Waals surface area (Å²) in [7, 11) is 0. The minimum atomic E-state index is 0.330. The van der Waals surface area contributed by atoms with Gasteiger partial charge in [-0.05, 0) is 6.92 Å². The molecule has 13 heavy (non-hydrogen) atoms. The molecule has 2 rings (SSSR count). The van der Waals surface area contributed by atoms with Gasteiger partial charge < -0.3 is 0 Å². The van der Waals surface area contributed by atoms with Crippen LogP contribution in [0.5, 0.6) is 0 Å². The van der Waals surface area contributed by atoms with Gasteiger partial charge in [0.1, 0.15) is 11.9 Å². The van der Waals surface area contributed by atoms with E-state index < -0.39 is 0 Å². The van der Waals surface area contributed by atoms with E-state index in [1.807, 2.05) is 13.0 Å². The van der Waals surface area contributed by atoms with Crippen LogP contribution in [-0.4, -0.2) is 18.9 Å². The third-order valence-corrected chi connectivity index (χ3v) is 2.27. The lowest BCUT2D eigenvalue weighted by atomic mass is 10.7. The molecule has 5 nitrogen and oxygen atoms in total. The Balaban J connectivity index is 2.53. The Morgan fingerprint density at radius 1 is 1.62 bits per heavy atom. The van der Waals surface area contributed by atoms with Crippen molar-refractivity contribution in [2.24, 2.45) is 0 Å². The number of rotatable bonds is 1. The summed E-state index contributed by atoms with van der Waals surface area (Å²) in [6.07, 6.45) is 3.26. The van der Waals surface area contributed by atoms with E-state index in [0.717, 1.165) is 0 Å². The van der Waals surface area contributed by atoms with Crippen molar-refractivity contribution in [3.05, 3.63) is 24.0 Å². The van der Waals surface area contributed by atoms with Crippen LogP contribution in [0, 0.1) is 18.3 Å². The predicted octanol–water partition coefficient (Wildman–Crippen LogP) is 0.904. The van der Waals surface area contributed by atoms with Gasteiger partial charge in [0, 0.05) is 23.9 Å². The average molecular weight is 191 g/mol. The largest absolute Gasteiger partial charge is 0.265 e. The first-order chi connectivity index (χ1) is 6.31. The van der Waals surface area contributed by atoms with E-state index in [1.165, 1.54) is 11.5 Å². The van der Waals surface area contributed by atoms with Gasteiger partial charge in [0.25, 0.3) is 0 Å². The van der Waals surface area contributed by atoms with Crippen LogP contribution in [-0.2, 0) is 0 Å². The quantitative estimate of drug-likeness (QED) is 0.671. The maximum absolute atomic E-state index is 8.70. The van der Waals surface area contributed by atoms with Crippen LogP contribution < -0.4 is 0 Å². The van der Waals surface area contributed by atoms with Gasteiger partial charge in [-0.2, -0.15) is 9.64 Å². The highest BCUT2D eigenvalue weighted by atomic mass is 32.1. The first kappa shape index (κ1) is 7.89. The Kier molecular flexibility index (Phi) is 1.79. The molecule has 0 saturated carbocycles. The highest BCUT2D eigenvalue weighted by Crippen LogP contribution is 2.11. The summed E-state index contributed by atoms with van der Waals surface area (Å²) in [4.78, 5) is 8.00. The molecule has 0 aliphatic rings. The lowest BCUT2D eigenvalue weighted by Crippen LogP contribution is -1.95. The van der Waals surface area contributed by atoms with Gasteiger partial charge in [-0.15, -0.1) is 0 Å². The average Bonchev–Trinajstić information content (AvgIpc) is 2.71. The molecular weight excluding hydrogens is 186 g/mol. The Morgan fingerprint density at radius 2 is 2.46 bits per heavy atom. The molecule has 0 fully saturated rings. The molecule has 2 heterocycles. The van der Waals surface area contributed by atoms with Crippen LogP contribution in [0.2, 0.25) is 0 Å². The fourth-order valence-electron chi connectivity index (χ4n) is 0.924. The van der Waals surface area contributed by atoms with Gasteiger partial charge in [-0.3, -0.25) is 4.57 Å². The molecule has 0 saturated heterocycles. The molecule has 0 atom stereocenters. The summed E-state index contributed by atoms with van der Waals surface area (Å²) in [6, 6.07) is 1.97. The maximum atomic E-state index is 8.70. The predicted molar refractivity (Wildman–Crippen MR) is 46.5 cm³/mol. The molecule has 0 N–H and O–H groups in total. The first-order valence-electron chi connectivity index (χ1n) is 3.55. The summed E-state index contributed by atoms with van der Waals surface area (Å²) in [5, 5.41) is 9.37. The molecule has 0 unspecified atom stereocenters. The minimum Gasteiger partial charge on any atom is -0.265 e. The van der Waals surface area contributed by atoms with Crippen LogP contribution in [0.4, 0.5) is 0 Å². The molecular formula is C7H5N5S. The van der Waals surface area contributed by atoms with Gasteiger partial charge in [0.15, 0.2) is 0 Å². The van der Waals surface area contributed by atoms with Crippen molar-refractivity contribution in [2.45, 2.75) is 6.92 Å². The zero-order chi connectivity index (χ0) is 9.26. The van der Waals surface area contributed by atoms with Crippen molar-refractivity contribution in [3.8, 4) is 11.2 Å². The van der Waals surface area contributed by atoms with Gasteiger partial charge >= 0.3 is 0 Å². The second kappa shape index (κ2) is 2.95. The van der Waals surface area contributed by atoms with Crippen molar-refractivity contribution in [2.75, 3.05) is 0 Å². The molecule has 2 aromatic heterocycles. The van der Waals surface area contributed by atoms with Crippen molar-refractivity contribution in [1.29, 1.82) is 5.26 Å². The Labute approximate surface area is 78.5 Å². The molecule has 0 bridgehead atoms. The van der Waals surface area contributed by atoms with Gasteiger partial charge in [-0.1, -0.05) is 0 Å². The van der Waals surface area contributed by atoms with E-state index >= 15 is 0 Å². The molecule has 0 aliphatic carbocycles. The Hall–Kier alpha value is -1.74. The summed E-state index contributed by atoms with van der Waals surface area (Å²) in [6.45, 7) is 1.81. The van der Waals surface area contributed by atoms with E-state index in [1.54, 1.807) is 17.0 Å². The SMILES string of the molecule is Cc1nsc(-n2ccnc2C#N)n1. The highest BCUT2D eigenvalue weighted by molar-refractivity contribution is 7.08. The first-order valence-corrected chi connectivity index (χ1v) is 4.33. The van der Waals surface area contributed by atoms with Crippen molar-refractivity contribution < 1.29 is 0 Å². The van der Waals surface area contributed by atoms with E-state index in [0.29, 0.717) is 16.8 Å². The number of nitrogens with zero attached hydrogens (tertiary/aromatic N) is 5. The molecule has 0 aliphatic heterocycles. The van der Waals surface area contributed by atoms with E-state index in [4.69, 9.17) is 5.26 Å². The standard InChI is InChI=1S/C7H5N5S/c1-5-10-7(13-11-5)12-3-2-9-6(12)4-8/h2-3H,1H3. The van der Waals surface area contributed by atoms with Crippen LogP contribution in [0.1, 0.15) is 11.6 Å². The van der Waals surface area contributed by atoms with Crippen molar-refractivity contribution in [3.63, 3.8) is 0 Å². The van der Waals surface area contributed by atoms with Crippen molar-refractivity contribution in [1.82, 2.24) is 18.9 Å². The van der Waals surface area contributed by atoms with Gasteiger partial charge in [0.2, 0.25) is 11.0 Å². The summed E-state index contributed by atoms with van der Waals surface area (Å²) >= 11 is 1.25. The third kappa shape index (κ3) is 1.29. The molecule has 0 aromatic carbocycles. The number of hydrogen-bond donors (Lipinski definition) is 0. The lowest BCUT2D eigenvalue weighted by molar-refractivity contribution is 0.983. The normalized spacial score (nSPS) is 9.85. The van der Waals surface area contributed by atoms with Gasteiger partial charge in [0.05, 0.1) is 0 Å². The smallest absolute Gasteiger partial charge is 0.219 e. The fourth-order valence-corrected chi connectivity index (χ4v) is 1.59. The molecule has 6 heteroatoms. The van der Waals surface area contributed by atoms with Crippen LogP contribution in [0.3, 0.4) is 0 Å². The topological polar surface area (TPSA) is 67.4 Å². The summed E-state index contributed by atoms with van der Waals surface area (Å²) in [5.74, 6) is 1.04. The van der Waals surface area contributed by atoms with Crippen LogP contribution in [0.15, 0.2) is 12.4 Å². The van der Waals surface area contributed by atoms with Crippen LogP contribution in [0.25, 0.3) is 5.13 Å².